The molecule has 1 N–H and O–H groups in total. The summed E-state index contributed by atoms with van der Waals surface area (Å²) in [5.41, 5.74) is 0.463. The number of benzene rings is 1. The van der Waals surface area contributed by atoms with Crippen LogP contribution in [-0.2, 0) is 14.9 Å². The number of carbonyl (C=O) groups is 1. The van der Waals surface area contributed by atoms with Crippen molar-refractivity contribution in [1.82, 2.24) is 9.79 Å². The highest BCUT2D eigenvalue weighted by Gasteiger charge is 2.21. The fourth-order valence-electron chi connectivity index (χ4n) is 2.54. The van der Waals surface area contributed by atoms with E-state index in [2.05, 4.69) is 5.32 Å². The number of nitrogens with one attached hydrogen (secondary N) is 1. The van der Waals surface area contributed by atoms with Crippen LogP contribution in [0.4, 0.5) is 0 Å². The Hall–Kier alpha value is -1.44. The van der Waals surface area contributed by atoms with E-state index in [1.807, 2.05) is 0 Å². The molecule has 0 spiro atoms. The smallest absolute Gasteiger partial charge is 0.264 e. The van der Waals surface area contributed by atoms with Gasteiger partial charge in [-0.1, -0.05) is 23.7 Å². The number of carbonyl (C=O) groups excluding carboxylic acids is 1. The van der Waals surface area contributed by atoms with E-state index in [9.17, 15) is 13.2 Å². The molecule has 0 atom stereocenters. The molecular formula is C15H22N2O4S. The van der Waals surface area contributed by atoms with E-state index in [1.165, 1.54) is 44.8 Å². The molecule has 0 radical (unpaired) electrons. The largest absolute Gasteiger partial charge is 0.349 e. The molecule has 1 amide bonds. The Labute approximate surface area is 131 Å². The Morgan fingerprint density at radius 2 is 1.77 bits per heavy atom. The average Bonchev–Trinajstić information content (AvgIpc) is 2.55. The first-order chi connectivity index (χ1) is 10.4. The van der Waals surface area contributed by atoms with Gasteiger partial charge in [0.2, 0.25) is 0 Å². The van der Waals surface area contributed by atoms with E-state index in [1.54, 1.807) is 0 Å². The van der Waals surface area contributed by atoms with Crippen molar-refractivity contribution in [3.63, 3.8) is 0 Å². The molecule has 0 unspecified atom stereocenters. The molecule has 22 heavy (non-hydrogen) atoms. The van der Waals surface area contributed by atoms with Crippen LogP contribution in [0.5, 0.6) is 0 Å². The zero-order valence-electron chi connectivity index (χ0n) is 12.9. The monoisotopic (exact) mass is 326 g/mol. The van der Waals surface area contributed by atoms with Crippen LogP contribution in [0.2, 0.25) is 0 Å². The van der Waals surface area contributed by atoms with Crippen LogP contribution in [0.3, 0.4) is 0 Å². The fourth-order valence-corrected chi connectivity index (χ4v) is 3.51. The molecule has 7 heteroatoms. The molecule has 0 saturated heterocycles. The minimum absolute atomic E-state index is 0.0890. The normalized spacial score (nSPS) is 16.7. The number of hydroxylamine groups is 1. The second-order valence-corrected chi connectivity index (χ2v) is 7.37. The highest BCUT2D eigenvalue weighted by molar-refractivity contribution is 7.89. The van der Waals surface area contributed by atoms with Gasteiger partial charge in [-0.3, -0.25) is 9.63 Å². The lowest BCUT2D eigenvalue weighted by Crippen LogP contribution is -2.36. The molecule has 0 bridgehead atoms. The van der Waals surface area contributed by atoms with Gasteiger partial charge >= 0.3 is 0 Å². The van der Waals surface area contributed by atoms with E-state index in [4.69, 9.17) is 4.84 Å². The maximum Gasteiger partial charge on any atom is 0.264 e. The van der Waals surface area contributed by atoms with Crippen molar-refractivity contribution in [3.05, 3.63) is 29.8 Å². The third kappa shape index (κ3) is 3.85. The Balaban J connectivity index is 2.06. The number of hydrogen-bond donors (Lipinski definition) is 1. The molecule has 0 heterocycles. The molecular weight excluding hydrogens is 304 g/mol. The van der Waals surface area contributed by atoms with Crippen LogP contribution >= 0.6 is 0 Å². The van der Waals surface area contributed by atoms with Crippen molar-refractivity contribution < 1.29 is 18.0 Å². The molecule has 1 aliphatic carbocycles. The van der Waals surface area contributed by atoms with Crippen molar-refractivity contribution in [2.45, 2.75) is 43.0 Å². The van der Waals surface area contributed by atoms with E-state index < -0.39 is 10.0 Å². The predicted octanol–water partition coefficient (Wildman–Crippen LogP) is 1.93. The third-order valence-electron chi connectivity index (χ3n) is 3.95. The highest BCUT2D eigenvalue weighted by atomic mass is 32.2. The summed E-state index contributed by atoms with van der Waals surface area (Å²) in [5.74, 6) is -0.157. The van der Waals surface area contributed by atoms with Gasteiger partial charge in [-0.05, 0) is 37.1 Å². The van der Waals surface area contributed by atoms with Crippen LogP contribution < -0.4 is 5.32 Å². The quantitative estimate of drug-likeness (QED) is 0.839. The van der Waals surface area contributed by atoms with Crippen molar-refractivity contribution in [2.75, 3.05) is 14.2 Å². The summed E-state index contributed by atoms with van der Waals surface area (Å²) in [6.45, 7) is 0. The lowest BCUT2D eigenvalue weighted by Gasteiger charge is -2.22. The SMILES string of the molecule is CON(C)S(=O)(=O)c1ccc(C(=O)NC2CCCCC2)cc1. The number of amides is 1. The van der Waals surface area contributed by atoms with Gasteiger partial charge in [0.25, 0.3) is 15.9 Å². The Bertz CT molecular complexity index is 607. The standard InChI is InChI=1S/C15H22N2O4S/c1-17(21-2)22(19,20)14-10-8-12(9-11-14)15(18)16-13-6-4-3-5-7-13/h8-11,13H,3-7H2,1-2H3,(H,16,18). The second kappa shape index (κ2) is 7.21. The van der Waals surface area contributed by atoms with Crippen LogP contribution in [0.1, 0.15) is 42.5 Å². The molecule has 6 nitrogen and oxygen atoms in total. The molecule has 1 saturated carbocycles. The van der Waals surface area contributed by atoms with Gasteiger partial charge in [0.1, 0.15) is 0 Å². The minimum Gasteiger partial charge on any atom is -0.349 e. The van der Waals surface area contributed by atoms with Crippen LogP contribution in [0.25, 0.3) is 0 Å². The summed E-state index contributed by atoms with van der Waals surface area (Å²) >= 11 is 0. The topological polar surface area (TPSA) is 75.7 Å². The Morgan fingerprint density at radius 1 is 1.18 bits per heavy atom. The maximum absolute atomic E-state index is 12.2. The van der Waals surface area contributed by atoms with Crippen LogP contribution in [0, 0.1) is 0 Å². The minimum atomic E-state index is -3.68. The van der Waals surface area contributed by atoms with Gasteiger partial charge in [0.15, 0.2) is 0 Å². The predicted molar refractivity (Wildman–Crippen MR) is 82.7 cm³/mol. The number of hydrogen-bond acceptors (Lipinski definition) is 4. The Morgan fingerprint density at radius 3 is 2.32 bits per heavy atom. The van der Waals surface area contributed by atoms with Gasteiger partial charge in [0, 0.05) is 18.7 Å². The van der Waals surface area contributed by atoms with Crippen LogP contribution in [0.15, 0.2) is 29.2 Å². The lowest BCUT2D eigenvalue weighted by molar-refractivity contribution is -0.0258. The zero-order valence-corrected chi connectivity index (χ0v) is 13.7. The van der Waals surface area contributed by atoms with E-state index in [0.29, 0.717) is 5.56 Å². The van der Waals surface area contributed by atoms with Gasteiger partial charge in [0.05, 0.1) is 12.0 Å². The van der Waals surface area contributed by atoms with Gasteiger partial charge in [-0.2, -0.15) is 0 Å². The first kappa shape index (κ1) is 16.9. The number of nitrogens with zero attached hydrogens (tertiary/aromatic N) is 1. The summed E-state index contributed by atoms with van der Waals surface area (Å²) in [4.78, 5) is 17.0. The first-order valence-corrected chi connectivity index (χ1v) is 8.83. The van der Waals surface area contributed by atoms with Gasteiger partial charge < -0.3 is 5.32 Å². The molecule has 1 aliphatic rings. The summed E-state index contributed by atoms with van der Waals surface area (Å²) in [6, 6.07) is 6.11. The summed E-state index contributed by atoms with van der Waals surface area (Å²) < 4.78 is 24.9. The zero-order chi connectivity index (χ0) is 16.2. The molecule has 0 aliphatic heterocycles. The van der Waals surface area contributed by atoms with Crippen molar-refractivity contribution >= 4 is 15.9 Å². The molecule has 1 fully saturated rings. The Kier molecular flexibility index (Phi) is 5.55. The molecule has 122 valence electrons. The third-order valence-corrected chi connectivity index (χ3v) is 5.64. The first-order valence-electron chi connectivity index (χ1n) is 7.39. The van der Waals surface area contributed by atoms with Gasteiger partial charge in [-0.25, -0.2) is 8.42 Å². The lowest BCUT2D eigenvalue weighted by atomic mass is 9.95. The molecule has 1 aromatic rings. The van der Waals surface area contributed by atoms with E-state index >= 15 is 0 Å². The molecule has 0 aromatic heterocycles. The van der Waals surface area contributed by atoms with Crippen molar-refractivity contribution in [2.24, 2.45) is 0 Å². The fraction of sp³-hybridized carbons (Fsp3) is 0.533. The number of rotatable bonds is 5. The van der Waals surface area contributed by atoms with Crippen molar-refractivity contribution in [1.29, 1.82) is 0 Å². The number of sulfonamides is 1. The van der Waals surface area contributed by atoms with Gasteiger partial charge in [-0.15, -0.1) is 0 Å². The molecule has 2 rings (SSSR count). The van der Waals surface area contributed by atoms with E-state index in [0.717, 1.165) is 30.2 Å². The highest BCUT2D eigenvalue weighted by Crippen LogP contribution is 2.19. The molecule has 1 aromatic carbocycles. The van der Waals surface area contributed by atoms with Crippen LogP contribution in [-0.4, -0.2) is 39.0 Å². The second-order valence-electron chi connectivity index (χ2n) is 5.43. The maximum atomic E-state index is 12.2. The van der Waals surface area contributed by atoms with Crippen molar-refractivity contribution in [3.8, 4) is 0 Å². The summed E-state index contributed by atoms with van der Waals surface area (Å²) in [6.07, 6.45) is 5.54. The summed E-state index contributed by atoms with van der Waals surface area (Å²) in [7, 11) is -1.08. The van der Waals surface area contributed by atoms with E-state index in [-0.39, 0.29) is 16.8 Å². The summed E-state index contributed by atoms with van der Waals surface area (Å²) in [5, 5.41) is 3.00. The average molecular weight is 326 g/mol.